The third-order valence-electron chi connectivity index (χ3n) is 5.08. The predicted molar refractivity (Wildman–Crippen MR) is 119 cm³/mol. The molecule has 1 saturated heterocycles. The van der Waals surface area contributed by atoms with Gasteiger partial charge in [0.1, 0.15) is 10.3 Å². The van der Waals surface area contributed by atoms with Gasteiger partial charge in [0.05, 0.1) is 4.88 Å². The van der Waals surface area contributed by atoms with Crippen molar-refractivity contribution in [3.05, 3.63) is 39.7 Å². The maximum atomic E-state index is 12.8. The number of piperidine rings is 1. The monoisotopic (exact) mass is 461 g/mol. The van der Waals surface area contributed by atoms with Crippen LogP contribution in [-0.4, -0.2) is 60.6 Å². The molecule has 0 bridgehead atoms. The average molecular weight is 462 g/mol. The molecule has 8 heteroatoms. The molecule has 0 radical (unpaired) electrons. The molecule has 1 fully saturated rings. The Balaban J connectivity index is 1.65. The second-order valence-electron chi connectivity index (χ2n) is 7.47. The number of amides is 1. The number of benzene rings is 1. The van der Waals surface area contributed by atoms with Gasteiger partial charge in [-0.25, -0.2) is 4.98 Å². The molecule has 3 heterocycles. The zero-order valence-electron chi connectivity index (χ0n) is 16.3. The Morgan fingerprint density at radius 3 is 2.57 bits per heavy atom. The SMILES string of the molecule is CN1CCC(NC(=O)c2cc3nc(N(C)C)n(-c4ccc(Br)cc4)c3s2)CC1. The van der Waals surface area contributed by atoms with E-state index in [2.05, 4.69) is 49.9 Å². The molecular formula is C20H24BrN5OS. The standard InChI is InChI=1S/C20H24BrN5OS/c1-24(2)20-23-16-12-17(18(27)22-14-8-10-25(3)11-9-14)28-19(16)26(20)15-6-4-13(21)5-7-15/h4-7,12,14H,8-11H2,1-3H3,(H,22,27). The summed E-state index contributed by atoms with van der Waals surface area (Å²) < 4.78 is 3.14. The first-order chi connectivity index (χ1) is 13.4. The number of nitrogens with one attached hydrogen (secondary N) is 1. The summed E-state index contributed by atoms with van der Waals surface area (Å²) in [7, 11) is 6.09. The smallest absolute Gasteiger partial charge is 0.261 e. The van der Waals surface area contributed by atoms with Gasteiger partial charge in [0, 0.05) is 30.3 Å². The highest BCUT2D eigenvalue weighted by Gasteiger charge is 2.23. The van der Waals surface area contributed by atoms with Gasteiger partial charge in [-0.3, -0.25) is 9.36 Å². The number of hydrogen-bond donors (Lipinski definition) is 1. The molecule has 0 saturated carbocycles. The molecular weight excluding hydrogens is 438 g/mol. The Morgan fingerprint density at radius 2 is 1.93 bits per heavy atom. The second kappa shape index (κ2) is 7.85. The van der Waals surface area contributed by atoms with Crippen LogP contribution < -0.4 is 10.2 Å². The first-order valence-corrected chi connectivity index (χ1v) is 11.0. The van der Waals surface area contributed by atoms with Crippen LogP contribution >= 0.6 is 27.3 Å². The lowest BCUT2D eigenvalue weighted by Gasteiger charge is -2.29. The molecule has 0 unspecified atom stereocenters. The molecule has 2 aromatic heterocycles. The summed E-state index contributed by atoms with van der Waals surface area (Å²) in [4.78, 5) is 23.6. The lowest BCUT2D eigenvalue weighted by atomic mass is 10.1. The van der Waals surface area contributed by atoms with E-state index in [9.17, 15) is 4.79 Å². The summed E-state index contributed by atoms with van der Waals surface area (Å²) in [6.45, 7) is 2.05. The Bertz CT molecular complexity index is 986. The van der Waals surface area contributed by atoms with Gasteiger partial charge >= 0.3 is 0 Å². The molecule has 1 aliphatic rings. The third kappa shape index (κ3) is 3.81. The van der Waals surface area contributed by atoms with Crippen LogP contribution in [0.3, 0.4) is 0 Å². The third-order valence-corrected chi connectivity index (χ3v) is 6.72. The molecule has 28 heavy (non-hydrogen) atoms. The Kier molecular flexibility index (Phi) is 5.44. The predicted octanol–water partition coefficient (Wildman–Crippen LogP) is 3.74. The van der Waals surface area contributed by atoms with Gasteiger partial charge in [0.15, 0.2) is 0 Å². The van der Waals surface area contributed by atoms with Crippen LogP contribution in [-0.2, 0) is 0 Å². The number of hydrogen-bond acceptors (Lipinski definition) is 5. The largest absolute Gasteiger partial charge is 0.349 e. The number of carbonyl (C=O) groups is 1. The van der Waals surface area contributed by atoms with Crippen LogP contribution in [0.5, 0.6) is 0 Å². The van der Waals surface area contributed by atoms with Crippen molar-refractivity contribution in [2.24, 2.45) is 0 Å². The number of likely N-dealkylation sites (tertiary alicyclic amines) is 1. The molecule has 0 spiro atoms. The molecule has 4 rings (SSSR count). The zero-order valence-corrected chi connectivity index (χ0v) is 18.7. The number of nitrogens with zero attached hydrogens (tertiary/aromatic N) is 4. The number of anilines is 1. The minimum absolute atomic E-state index is 0.00584. The van der Waals surface area contributed by atoms with Crippen molar-refractivity contribution in [3.8, 4) is 5.69 Å². The van der Waals surface area contributed by atoms with E-state index in [1.807, 2.05) is 37.2 Å². The molecule has 148 valence electrons. The first-order valence-electron chi connectivity index (χ1n) is 9.37. The van der Waals surface area contributed by atoms with Gasteiger partial charge in [-0.2, -0.15) is 0 Å². The van der Waals surface area contributed by atoms with Crippen LogP contribution in [0.15, 0.2) is 34.8 Å². The fraction of sp³-hybridized carbons (Fsp3) is 0.400. The number of fused-ring (bicyclic) bond motifs is 1. The molecule has 1 aliphatic heterocycles. The van der Waals surface area contributed by atoms with E-state index in [0.29, 0.717) is 4.88 Å². The Hall–Kier alpha value is -1.90. The summed E-state index contributed by atoms with van der Waals surface area (Å²) in [5, 5.41) is 3.20. The molecule has 1 aromatic carbocycles. The lowest BCUT2D eigenvalue weighted by molar-refractivity contribution is 0.0921. The average Bonchev–Trinajstić information content (AvgIpc) is 3.22. The summed E-state index contributed by atoms with van der Waals surface area (Å²) >= 11 is 4.99. The Labute approximate surface area is 177 Å². The number of carbonyl (C=O) groups excluding carboxylic acids is 1. The van der Waals surface area contributed by atoms with Gasteiger partial charge in [0.2, 0.25) is 5.95 Å². The lowest BCUT2D eigenvalue weighted by Crippen LogP contribution is -2.43. The maximum absolute atomic E-state index is 12.8. The fourth-order valence-electron chi connectivity index (χ4n) is 3.50. The Morgan fingerprint density at radius 1 is 1.25 bits per heavy atom. The van der Waals surface area contributed by atoms with Gasteiger partial charge < -0.3 is 15.1 Å². The minimum atomic E-state index is 0.00584. The highest BCUT2D eigenvalue weighted by Crippen LogP contribution is 2.33. The number of imidazole rings is 1. The van der Waals surface area contributed by atoms with Crippen LogP contribution in [0.1, 0.15) is 22.5 Å². The molecule has 6 nitrogen and oxygen atoms in total. The van der Waals surface area contributed by atoms with Crippen molar-refractivity contribution in [1.29, 1.82) is 0 Å². The van der Waals surface area contributed by atoms with Gasteiger partial charge in [-0.1, -0.05) is 15.9 Å². The number of halogens is 1. The number of rotatable bonds is 4. The summed E-state index contributed by atoms with van der Waals surface area (Å²) in [5.74, 6) is 0.858. The second-order valence-corrected chi connectivity index (χ2v) is 9.42. The van der Waals surface area contributed by atoms with E-state index < -0.39 is 0 Å². The normalized spacial score (nSPS) is 15.9. The van der Waals surface area contributed by atoms with Gasteiger partial charge in [0.25, 0.3) is 5.91 Å². The van der Waals surface area contributed by atoms with Gasteiger partial charge in [-0.15, -0.1) is 11.3 Å². The summed E-state index contributed by atoms with van der Waals surface area (Å²) in [6, 6.07) is 10.3. The zero-order chi connectivity index (χ0) is 19.8. The van der Waals surface area contributed by atoms with Crippen molar-refractivity contribution < 1.29 is 4.79 Å². The van der Waals surface area contributed by atoms with Crippen LogP contribution in [0, 0.1) is 0 Å². The maximum Gasteiger partial charge on any atom is 0.261 e. The van der Waals surface area contributed by atoms with Crippen LogP contribution in [0.4, 0.5) is 5.95 Å². The van der Waals surface area contributed by atoms with Crippen molar-refractivity contribution >= 4 is 49.5 Å². The highest BCUT2D eigenvalue weighted by atomic mass is 79.9. The van der Waals surface area contributed by atoms with Crippen LogP contribution in [0.25, 0.3) is 16.0 Å². The van der Waals surface area contributed by atoms with E-state index >= 15 is 0 Å². The van der Waals surface area contributed by atoms with Crippen molar-refractivity contribution in [2.75, 3.05) is 39.1 Å². The van der Waals surface area contributed by atoms with E-state index in [0.717, 1.165) is 52.4 Å². The van der Waals surface area contributed by atoms with E-state index in [1.54, 1.807) is 0 Å². The molecule has 3 aromatic rings. The first kappa shape index (κ1) is 19.4. The number of thiophene rings is 1. The van der Waals surface area contributed by atoms with Gasteiger partial charge in [-0.05, 0) is 63.3 Å². The highest BCUT2D eigenvalue weighted by molar-refractivity contribution is 9.10. The minimum Gasteiger partial charge on any atom is -0.349 e. The van der Waals surface area contributed by atoms with E-state index in [-0.39, 0.29) is 11.9 Å². The number of aromatic nitrogens is 2. The summed E-state index contributed by atoms with van der Waals surface area (Å²) in [5.41, 5.74) is 1.88. The quantitative estimate of drug-likeness (QED) is 0.642. The molecule has 1 amide bonds. The van der Waals surface area contributed by atoms with E-state index in [1.165, 1.54) is 11.3 Å². The van der Waals surface area contributed by atoms with Crippen molar-refractivity contribution in [1.82, 2.24) is 19.8 Å². The topological polar surface area (TPSA) is 53.4 Å². The molecule has 1 N–H and O–H groups in total. The fourth-order valence-corrected chi connectivity index (χ4v) is 4.79. The van der Waals surface area contributed by atoms with Crippen molar-refractivity contribution in [2.45, 2.75) is 18.9 Å². The van der Waals surface area contributed by atoms with E-state index in [4.69, 9.17) is 4.98 Å². The van der Waals surface area contributed by atoms with Crippen LogP contribution in [0.2, 0.25) is 0 Å². The summed E-state index contributed by atoms with van der Waals surface area (Å²) in [6.07, 6.45) is 2.00. The molecule has 0 atom stereocenters. The van der Waals surface area contributed by atoms with Crippen molar-refractivity contribution in [3.63, 3.8) is 0 Å². The molecule has 0 aliphatic carbocycles.